The molecule has 2 aromatic carbocycles. The Balaban J connectivity index is 1.90. The number of hydrogen-bond acceptors (Lipinski definition) is 7. The molecule has 2 bridgehead atoms. The van der Waals surface area contributed by atoms with Gasteiger partial charge in [-0.1, -0.05) is 12.1 Å². The van der Waals surface area contributed by atoms with Gasteiger partial charge in [-0.2, -0.15) is 0 Å². The maximum atomic E-state index is 12.8. The number of benzene rings is 2. The summed E-state index contributed by atoms with van der Waals surface area (Å²) in [5, 5.41) is 1.93. The molecule has 26 heavy (non-hydrogen) atoms. The van der Waals surface area contributed by atoms with Crippen molar-refractivity contribution in [3.8, 4) is 0 Å². The van der Waals surface area contributed by atoms with Gasteiger partial charge in [0.15, 0.2) is 5.78 Å². The largest absolute Gasteiger partial charge is 0.353 e. The molecule has 132 valence electrons. The number of rotatable bonds is 3. The van der Waals surface area contributed by atoms with Gasteiger partial charge in [-0.15, -0.1) is 0 Å². The number of urea groups is 1. The quantitative estimate of drug-likeness (QED) is 0.589. The zero-order chi connectivity index (χ0) is 18.8. The zero-order valence-corrected chi connectivity index (χ0v) is 13.3. The first-order valence-corrected chi connectivity index (χ1v) is 7.48. The van der Waals surface area contributed by atoms with Gasteiger partial charge in [0.05, 0.1) is 5.69 Å². The fourth-order valence-electron chi connectivity index (χ4n) is 2.50. The molecule has 9 nitrogen and oxygen atoms in total. The van der Waals surface area contributed by atoms with Crippen LogP contribution in [-0.2, 0) is 9.63 Å². The summed E-state index contributed by atoms with van der Waals surface area (Å²) >= 11 is 0. The predicted molar refractivity (Wildman–Crippen MR) is 90.0 cm³/mol. The number of carbonyl (C=O) groups is 4. The highest BCUT2D eigenvalue weighted by molar-refractivity contribution is 6.11. The number of nitrogens with two attached hydrogens (primary N) is 2. The van der Waals surface area contributed by atoms with Crippen LogP contribution in [-0.4, -0.2) is 23.7 Å². The summed E-state index contributed by atoms with van der Waals surface area (Å²) in [7, 11) is 0. The van der Waals surface area contributed by atoms with Gasteiger partial charge in [0.2, 0.25) is 0 Å². The second-order valence-corrected chi connectivity index (χ2v) is 5.53. The molecule has 1 heterocycles. The normalized spacial score (nSPS) is 15.3. The molecular formula is C17H14N4O5. The summed E-state index contributed by atoms with van der Waals surface area (Å²) < 4.78 is 0. The molecule has 0 aliphatic carbocycles. The van der Waals surface area contributed by atoms with Crippen molar-refractivity contribution >= 4 is 29.4 Å². The monoisotopic (exact) mass is 354 g/mol. The molecule has 0 fully saturated rings. The van der Waals surface area contributed by atoms with E-state index < -0.39 is 23.9 Å². The van der Waals surface area contributed by atoms with E-state index in [9.17, 15) is 19.2 Å². The second-order valence-electron chi connectivity index (χ2n) is 5.53. The molecule has 0 spiro atoms. The number of ketones is 1. The van der Waals surface area contributed by atoms with Crippen LogP contribution in [0.15, 0.2) is 42.5 Å². The van der Waals surface area contributed by atoms with Crippen LogP contribution in [0.25, 0.3) is 0 Å². The Morgan fingerprint density at radius 1 is 1.04 bits per heavy atom. The highest BCUT2D eigenvalue weighted by Crippen LogP contribution is 2.27. The summed E-state index contributed by atoms with van der Waals surface area (Å²) in [6.07, 6.45) is 0. The summed E-state index contributed by atoms with van der Waals surface area (Å²) in [5.74, 6) is -1.76. The average molecular weight is 354 g/mol. The van der Waals surface area contributed by atoms with Crippen LogP contribution >= 0.6 is 0 Å². The highest BCUT2D eigenvalue weighted by atomic mass is 16.7. The molecule has 1 aliphatic heterocycles. The summed E-state index contributed by atoms with van der Waals surface area (Å²) in [6, 6.07) is 8.23. The molecule has 6 N–H and O–H groups in total. The van der Waals surface area contributed by atoms with Gasteiger partial charge in [0, 0.05) is 16.7 Å². The number of hydrogen-bond donors (Lipinski definition) is 4. The number of carbonyl (C=O) groups excluding carboxylic acids is 4. The number of nitrogens with one attached hydrogen (secondary N) is 2. The van der Waals surface area contributed by atoms with Gasteiger partial charge in [0.25, 0.3) is 5.91 Å². The minimum Gasteiger partial charge on any atom is -0.351 e. The van der Waals surface area contributed by atoms with Gasteiger partial charge in [-0.05, 0) is 35.9 Å². The van der Waals surface area contributed by atoms with Gasteiger partial charge in [-0.25, -0.2) is 15.1 Å². The molecule has 0 aromatic heterocycles. The van der Waals surface area contributed by atoms with Crippen molar-refractivity contribution < 1.29 is 24.0 Å². The second kappa shape index (κ2) is 6.65. The molecule has 0 saturated heterocycles. The van der Waals surface area contributed by atoms with Crippen LogP contribution in [0, 0.1) is 0 Å². The van der Waals surface area contributed by atoms with Crippen LogP contribution < -0.4 is 22.3 Å². The Kier molecular flexibility index (Phi) is 4.38. The van der Waals surface area contributed by atoms with E-state index in [1.807, 2.05) is 5.32 Å². The Bertz CT molecular complexity index is 923. The van der Waals surface area contributed by atoms with Crippen molar-refractivity contribution in [2.45, 2.75) is 6.04 Å². The molecule has 1 unspecified atom stereocenters. The molecular weight excluding hydrogens is 340 g/mol. The lowest BCUT2D eigenvalue weighted by molar-refractivity contribution is -0.142. The molecule has 3 rings (SSSR count). The van der Waals surface area contributed by atoms with E-state index >= 15 is 0 Å². The van der Waals surface area contributed by atoms with Crippen molar-refractivity contribution in [1.82, 2.24) is 5.32 Å². The molecule has 3 amide bonds. The topological polar surface area (TPSA) is 154 Å². The summed E-state index contributed by atoms with van der Waals surface area (Å²) in [6.45, 7) is 0. The molecule has 2 aromatic rings. The number of imide groups is 1. The molecule has 1 aliphatic rings. The third kappa shape index (κ3) is 3.23. The minimum atomic E-state index is -1.11. The van der Waals surface area contributed by atoms with Gasteiger partial charge in [0.1, 0.15) is 6.04 Å². The highest BCUT2D eigenvalue weighted by Gasteiger charge is 2.27. The Labute approximate surface area is 147 Å². The number of fused-ring (bicyclic) bond motifs is 2. The van der Waals surface area contributed by atoms with Gasteiger partial charge in [-0.3, -0.25) is 14.9 Å². The van der Waals surface area contributed by atoms with E-state index in [-0.39, 0.29) is 22.5 Å². The summed E-state index contributed by atoms with van der Waals surface area (Å²) in [4.78, 5) is 51.7. The molecule has 1 atom stereocenters. The molecule has 0 radical (unpaired) electrons. The standard InChI is InChI=1S/C17H14N4O5/c18-13-12-7-10(21-26-16(13)24)5-6-11(12)14(22)8-1-3-9(4-2-8)15(23)20-17(19)25/h1-7,13,21H,18H2,(H3,19,20,23,25). The van der Waals surface area contributed by atoms with Crippen molar-refractivity contribution in [3.63, 3.8) is 0 Å². The summed E-state index contributed by atoms with van der Waals surface area (Å²) in [5.41, 5.74) is 14.7. The molecule has 9 heteroatoms. The number of primary amides is 1. The van der Waals surface area contributed by atoms with Gasteiger partial charge < -0.3 is 16.3 Å². The van der Waals surface area contributed by atoms with E-state index in [0.29, 0.717) is 11.3 Å². The van der Waals surface area contributed by atoms with Crippen molar-refractivity contribution in [1.29, 1.82) is 0 Å². The smallest absolute Gasteiger partial charge is 0.351 e. The first-order chi connectivity index (χ1) is 12.4. The first-order valence-electron chi connectivity index (χ1n) is 7.48. The third-order valence-electron chi connectivity index (χ3n) is 3.80. The third-order valence-corrected chi connectivity index (χ3v) is 3.80. The van der Waals surface area contributed by atoms with Crippen LogP contribution in [0.3, 0.4) is 0 Å². The van der Waals surface area contributed by atoms with E-state index in [2.05, 4.69) is 5.48 Å². The number of anilines is 1. The Morgan fingerprint density at radius 3 is 2.35 bits per heavy atom. The maximum absolute atomic E-state index is 12.8. The van der Waals surface area contributed by atoms with E-state index in [1.165, 1.54) is 30.3 Å². The lowest BCUT2D eigenvalue weighted by atomic mass is 9.93. The maximum Gasteiger partial charge on any atom is 0.353 e. The van der Waals surface area contributed by atoms with Crippen molar-refractivity contribution in [3.05, 3.63) is 64.7 Å². The Morgan fingerprint density at radius 2 is 1.69 bits per heavy atom. The van der Waals surface area contributed by atoms with E-state index in [0.717, 1.165) is 0 Å². The molecule has 0 saturated carbocycles. The fourth-order valence-corrected chi connectivity index (χ4v) is 2.50. The SMILES string of the molecule is NC(=O)NC(=O)c1ccc(C(=O)c2ccc3cc2C(N)C(=O)ON3)cc1. The van der Waals surface area contributed by atoms with Crippen LogP contribution in [0.5, 0.6) is 0 Å². The zero-order valence-electron chi connectivity index (χ0n) is 13.3. The van der Waals surface area contributed by atoms with E-state index in [1.54, 1.807) is 12.1 Å². The van der Waals surface area contributed by atoms with Crippen LogP contribution in [0.1, 0.15) is 37.9 Å². The predicted octanol–water partition coefficient (Wildman–Crippen LogP) is 0.610. The number of amides is 3. The van der Waals surface area contributed by atoms with E-state index in [4.69, 9.17) is 16.3 Å². The van der Waals surface area contributed by atoms with Crippen molar-refractivity contribution in [2.75, 3.05) is 5.48 Å². The first kappa shape index (κ1) is 17.1. The fraction of sp³-hybridized carbons (Fsp3) is 0.0588. The lowest BCUT2D eigenvalue weighted by Crippen LogP contribution is -2.34. The van der Waals surface area contributed by atoms with Gasteiger partial charge >= 0.3 is 12.0 Å². The average Bonchev–Trinajstić information content (AvgIpc) is 2.73. The van der Waals surface area contributed by atoms with Crippen molar-refractivity contribution in [2.24, 2.45) is 11.5 Å². The minimum absolute atomic E-state index is 0.165. The van der Waals surface area contributed by atoms with Crippen LogP contribution in [0.2, 0.25) is 0 Å². The Hall–Kier alpha value is -3.72. The lowest BCUT2D eigenvalue weighted by Gasteiger charge is -2.11. The van der Waals surface area contributed by atoms with Crippen LogP contribution in [0.4, 0.5) is 10.5 Å².